The van der Waals surface area contributed by atoms with Gasteiger partial charge >= 0.3 is 11.9 Å². The van der Waals surface area contributed by atoms with E-state index in [9.17, 15) is 14.4 Å². The predicted octanol–water partition coefficient (Wildman–Crippen LogP) is 1.92. The maximum atomic E-state index is 12.5. The number of hydrogen-bond donors (Lipinski definition) is 2. The second-order valence-corrected chi connectivity index (χ2v) is 6.49. The van der Waals surface area contributed by atoms with Crippen molar-refractivity contribution in [1.82, 2.24) is 10.3 Å². The Morgan fingerprint density at radius 2 is 1.83 bits per heavy atom. The highest BCUT2D eigenvalue weighted by atomic mass is 16.5. The molecule has 2 unspecified atom stereocenters. The van der Waals surface area contributed by atoms with E-state index in [2.05, 4.69) is 10.3 Å². The number of amides is 1. The van der Waals surface area contributed by atoms with Gasteiger partial charge in [0.15, 0.2) is 5.69 Å². The lowest BCUT2D eigenvalue weighted by molar-refractivity contribution is -0.146. The predicted molar refractivity (Wildman–Crippen MR) is 107 cm³/mol. The van der Waals surface area contributed by atoms with Gasteiger partial charge < -0.3 is 24.9 Å². The highest BCUT2D eigenvalue weighted by Gasteiger charge is 2.26. The van der Waals surface area contributed by atoms with Crippen LogP contribution in [-0.4, -0.2) is 42.1 Å². The van der Waals surface area contributed by atoms with Crippen molar-refractivity contribution >= 4 is 17.8 Å². The number of nitrogens with one attached hydrogen (secondary N) is 1. The summed E-state index contributed by atoms with van der Waals surface area (Å²) in [5.74, 6) is -1.52. The zero-order valence-electron chi connectivity index (χ0n) is 17.1. The van der Waals surface area contributed by atoms with Gasteiger partial charge in [0.2, 0.25) is 5.89 Å². The first-order valence-electron chi connectivity index (χ1n) is 9.82. The fourth-order valence-corrected chi connectivity index (χ4v) is 2.74. The van der Waals surface area contributed by atoms with Gasteiger partial charge in [-0.05, 0) is 32.3 Å². The molecule has 3 N–H and O–H groups in total. The SMILES string of the molecule is CCOC(=O)CCC(NC(=O)c1coc(C(N)Cc2ccccc2)n1)C(=O)OCC. The Balaban J connectivity index is 2.00. The van der Waals surface area contributed by atoms with Crippen molar-refractivity contribution in [2.24, 2.45) is 5.73 Å². The van der Waals surface area contributed by atoms with Crippen LogP contribution in [0.1, 0.15) is 54.7 Å². The van der Waals surface area contributed by atoms with E-state index in [1.165, 1.54) is 6.26 Å². The van der Waals surface area contributed by atoms with Gasteiger partial charge in [0, 0.05) is 6.42 Å². The summed E-state index contributed by atoms with van der Waals surface area (Å²) in [5, 5.41) is 2.53. The molecule has 1 aromatic heterocycles. The number of aromatic nitrogens is 1. The Bertz CT molecular complexity index is 836. The first-order valence-corrected chi connectivity index (χ1v) is 9.82. The molecule has 0 saturated carbocycles. The van der Waals surface area contributed by atoms with Crippen LogP contribution >= 0.6 is 0 Å². The van der Waals surface area contributed by atoms with Gasteiger partial charge in [-0.2, -0.15) is 0 Å². The van der Waals surface area contributed by atoms with Crippen LogP contribution in [0.2, 0.25) is 0 Å². The Morgan fingerprint density at radius 1 is 1.13 bits per heavy atom. The Morgan fingerprint density at radius 3 is 2.50 bits per heavy atom. The lowest BCUT2D eigenvalue weighted by atomic mass is 10.1. The summed E-state index contributed by atoms with van der Waals surface area (Å²) in [6, 6.07) is 8.04. The quantitative estimate of drug-likeness (QED) is 0.530. The average Bonchev–Trinajstić information content (AvgIpc) is 3.22. The molecule has 162 valence electrons. The van der Waals surface area contributed by atoms with Gasteiger partial charge in [-0.1, -0.05) is 30.3 Å². The van der Waals surface area contributed by atoms with Gasteiger partial charge in [0.1, 0.15) is 12.3 Å². The van der Waals surface area contributed by atoms with E-state index in [1.54, 1.807) is 13.8 Å². The highest BCUT2D eigenvalue weighted by molar-refractivity contribution is 5.95. The lowest BCUT2D eigenvalue weighted by Crippen LogP contribution is -2.42. The summed E-state index contributed by atoms with van der Waals surface area (Å²) in [4.78, 5) is 40.4. The summed E-state index contributed by atoms with van der Waals surface area (Å²) >= 11 is 0. The molecule has 0 spiro atoms. The number of carbonyl (C=O) groups excluding carboxylic acids is 3. The van der Waals surface area contributed by atoms with Crippen molar-refractivity contribution in [3.05, 3.63) is 53.7 Å². The van der Waals surface area contributed by atoms with Crippen molar-refractivity contribution in [3.8, 4) is 0 Å². The molecule has 2 aromatic rings. The third-order valence-electron chi connectivity index (χ3n) is 4.19. The molecule has 2 rings (SSSR count). The second-order valence-electron chi connectivity index (χ2n) is 6.49. The Kier molecular flexibility index (Phi) is 9.02. The first-order chi connectivity index (χ1) is 14.4. The summed E-state index contributed by atoms with van der Waals surface area (Å²) in [6.45, 7) is 3.72. The number of benzene rings is 1. The number of nitrogens with zero attached hydrogens (tertiary/aromatic N) is 1. The fraction of sp³-hybridized carbons (Fsp3) is 0.429. The van der Waals surface area contributed by atoms with Crippen LogP contribution in [-0.2, 0) is 25.5 Å². The molecular formula is C21H27N3O6. The minimum atomic E-state index is -1.01. The van der Waals surface area contributed by atoms with Crippen molar-refractivity contribution in [1.29, 1.82) is 0 Å². The van der Waals surface area contributed by atoms with E-state index < -0.39 is 29.9 Å². The summed E-state index contributed by atoms with van der Waals surface area (Å²) < 4.78 is 15.2. The molecular weight excluding hydrogens is 390 g/mol. The van der Waals surface area contributed by atoms with Crippen LogP contribution in [0.4, 0.5) is 0 Å². The van der Waals surface area contributed by atoms with Crippen LogP contribution in [0.15, 0.2) is 41.0 Å². The fourth-order valence-electron chi connectivity index (χ4n) is 2.74. The van der Waals surface area contributed by atoms with E-state index in [0.29, 0.717) is 6.42 Å². The molecule has 1 heterocycles. The number of ether oxygens (including phenoxy) is 2. The van der Waals surface area contributed by atoms with Gasteiger partial charge in [-0.3, -0.25) is 9.59 Å². The standard InChI is InChI=1S/C21H27N3O6/c1-3-28-18(25)11-10-16(21(27)29-4-2)23-19(26)17-13-30-20(24-17)15(22)12-14-8-6-5-7-9-14/h5-9,13,15-16H,3-4,10-12,22H2,1-2H3,(H,23,26). The van der Waals surface area contributed by atoms with E-state index in [4.69, 9.17) is 19.6 Å². The third-order valence-corrected chi connectivity index (χ3v) is 4.19. The maximum absolute atomic E-state index is 12.5. The molecule has 0 aliphatic heterocycles. The van der Waals surface area contributed by atoms with Gasteiger partial charge in [-0.25, -0.2) is 9.78 Å². The molecule has 1 aromatic carbocycles. The minimum absolute atomic E-state index is 0.0149. The largest absolute Gasteiger partial charge is 0.466 e. The van der Waals surface area contributed by atoms with Crippen LogP contribution in [0.5, 0.6) is 0 Å². The maximum Gasteiger partial charge on any atom is 0.328 e. The van der Waals surface area contributed by atoms with Crippen LogP contribution in [0.3, 0.4) is 0 Å². The number of hydrogen-bond acceptors (Lipinski definition) is 8. The number of nitrogens with two attached hydrogens (primary N) is 1. The monoisotopic (exact) mass is 417 g/mol. The zero-order valence-corrected chi connectivity index (χ0v) is 17.1. The minimum Gasteiger partial charge on any atom is -0.466 e. The topological polar surface area (TPSA) is 134 Å². The van der Waals surface area contributed by atoms with Crippen molar-refractivity contribution in [2.75, 3.05) is 13.2 Å². The Labute approximate surface area is 174 Å². The van der Waals surface area contributed by atoms with Crippen LogP contribution < -0.4 is 11.1 Å². The summed E-state index contributed by atoms with van der Waals surface area (Å²) in [5.41, 5.74) is 7.12. The van der Waals surface area contributed by atoms with E-state index in [0.717, 1.165) is 5.56 Å². The van der Waals surface area contributed by atoms with Crippen molar-refractivity contribution in [3.63, 3.8) is 0 Å². The van der Waals surface area contributed by atoms with Crippen molar-refractivity contribution in [2.45, 2.75) is 45.2 Å². The number of oxazole rings is 1. The molecule has 30 heavy (non-hydrogen) atoms. The van der Waals surface area contributed by atoms with E-state index in [-0.39, 0.29) is 37.6 Å². The average molecular weight is 417 g/mol. The molecule has 0 fully saturated rings. The molecule has 0 radical (unpaired) electrons. The molecule has 0 bridgehead atoms. The smallest absolute Gasteiger partial charge is 0.328 e. The summed E-state index contributed by atoms with van der Waals surface area (Å²) in [7, 11) is 0. The second kappa shape index (κ2) is 11.7. The normalized spacial score (nSPS) is 12.6. The number of carbonyl (C=O) groups is 3. The third kappa shape index (κ3) is 7.00. The first kappa shape index (κ1) is 23.1. The summed E-state index contributed by atoms with van der Waals surface area (Å²) in [6.07, 6.45) is 1.68. The number of rotatable bonds is 11. The van der Waals surface area contributed by atoms with Crippen LogP contribution in [0, 0.1) is 0 Å². The van der Waals surface area contributed by atoms with Gasteiger partial charge in [0.25, 0.3) is 5.91 Å². The molecule has 2 atom stereocenters. The van der Waals surface area contributed by atoms with E-state index in [1.807, 2.05) is 30.3 Å². The lowest BCUT2D eigenvalue weighted by Gasteiger charge is -2.16. The van der Waals surface area contributed by atoms with Crippen molar-refractivity contribution < 1.29 is 28.3 Å². The Hall–Kier alpha value is -3.20. The van der Waals surface area contributed by atoms with Gasteiger partial charge in [0.05, 0.1) is 19.3 Å². The molecule has 9 heteroatoms. The zero-order chi connectivity index (χ0) is 21.9. The molecule has 0 saturated heterocycles. The molecule has 1 amide bonds. The highest BCUT2D eigenvalue weighted by Crippen LogP contribution is 2.16. The van der Waals surface area contributed by atoms with Gasteiger partial charge in [-0.15, -0.1) is 0 Å². The molecule has 9 nitrogen and oxygen atoms in total. The number of esters is 2. The van der Waals surface area contributed by atoms with Crippen LogP contribution in [0.25, 0.3) is 0 Å². The molecule has 0 aliphatic carbocycles. The molecule has 0 aliphatic rings. The van der Waals surface area contributed by atoms with E-state index >= 15 is 0 Å².